The number of aromatic nitrogens is 4. The number of carbonyl (C=O) groups is 3. The summed E-state index contributed by atoms with van der Waals surface area (Å²) in [6, 6.07) is 5.46. The number of carboxylic acids is 1. The normalized spacial score (nSPS) is 11.6. The van der Waals surface area contributed by atoms with Crippen LogP contribution >= 0.6 is 0 Å². The number of benzene rings is 1. The second-order valence-electron chi connectivity index (χ2n) is 8.09. The van der Waals surface area contributed by atoms with Crippen LogP contribution in [0, 0.1) is 0 Å². The van der Waals surface area contributed by atoms with Gasteiger partial charge in [-0.05, 0) is 30.7 Å². The number of nitrogen functional groups attached to an aromatic ring is 2. The quantitative estimate of drug-likeness (QED) is 0.328. The molecule has 184 valence electrons. The maximum Gasteiger partial charge on any atom is 0.326 e. The van der Waals surface area contributed by atoms with Crippen molar-refractivity contribution < 1.29 is 19.5 Å². The summed E-state index contributed by atoms with van der Waals surface area (Å²) < 4.78 is 0. The minimum absolute atomic E-state index is 0.00610. The zero-order valence-electron chi connectivity index (χ0n) is 19.6. The van der Waals surface area contributed by atoms with Crippen molar-refractivity contribution in [2.45, 2.75) is 25.4 Å². The number of fused-ring (bicyclic) bond motifs is 1. The van der Waals surface area contributed by atoms with Crippen LogP contribution in [0.15, 0.2) is 30.5 Å². The van der Waals surface area contributed by atoms with Crippen molar-refractivity contribution >= 4 is 46.4 Å². The van der Waals surface area contributed by atoms with Gasteiger partial charge in [-0.25, -0.2) is 14.8 Å². The third-order valence-corrected chi connectivity index (χ3v) is 5.22. The van der Waals surface area contributed by atoms with Crippen LogP contribution in [-0.4, -0.2) is 74.9 Å². The highest BCUT2D eigenvalue weighted by Gasteiger charge is 2.22. The first-order valence-electron chi connectivity index (χ1n) is 10.6. The average molecular weight is 482 g/mol. The Hall–Kier alpha value is -4.55. The van der Waals surface area contributed by atoms with Gasteiger partial charge in [0.1, 0.15) is 6.04 Å². The molecule has 0 saturated carbocycles. The molecule has 0 spiro atoms. The van der Waals surface area contributed by atoms with E-state index in [1.165, 1.54) is 4.90 Å². The van der Waals surface area contributed by atoms with Gasteiger partial charge in [0, 0.05) is 38.8 Å². The van der Waals surface area contributed by atoms with E-state index in [4.69, 9.17) is 11.5 Å². The molecular formula is C22H27N9O4. The fraction of sp³-hybridized carbons (Fsp3) is 0.318. The molecule has 0 unspecified atom stereocenters. The molecule has 2 aromatic heterocycles. The summed E-state index contributed by atoms with van der Waals surface area (Å²) in [6.07, 6.45) is 1.57. The van der Waals surface area contributed by atoms with Crippen LogP contribution in [0.4, 0.5) is 17.5 Å². The molecule has 13 nitrogen and oxygen atoms in total. The summed E-state index contributed by atoms with van der Waals surface area (Å²) in [7, 11) is 5.01. The number of nitrogens with one attached hydrogen (secondary N) is 1. The SMILES string of the molecule is CN(C)C(=O)CC[C@@H](NC(=O)c1ccc(N(C)Cc2cnc3nc(N)nc(N)c3n2)cc1)C(=O)O. The standard InChI is InChI=1S/C22H27N9O4/c1-30(2)16(32)9-8-15(21(34)35)27-20(33)12-4-6-14(7-5-12)31(3)11-13-10-25-19-17(26-13)18(23)28-22(24)29-19/h4-7,10,15H,8-9,11H2,1-3H3,(H,27,33)(H,34,35)(H4,23,24,25,28,29)/t15-/m1/s1. The van der Waals surface area contributed by atoms with Crippen LogP contribution < -0.4 is 21.7 Å². The molecule has 0 bridgehead atoms. The fourth-order valence-electron chi connectivity index (χ4n) is 3.25. The summed E-state index contributed by atoms with van der Waals surface area (Å²) in [6.45, 7) is 0.388. The largest absolute Gasteiger partial charge is 0.480 e. The number of hydrogen-bond donors (Lipinski definition) is 4. The molecule has 0 fully saturated rings. The van der Waals surface area contributed by atoms with E-state index in [0.717, 1.165) is 5.69 Å². The van der Waals surface area contributed by atoms with E-state index in [-0.39, 0.29) is 30.5 Å². The first kappa shape index (κ1) is 25.1. The number of nitrogens with zero attached hydrogens (tertiary/aromatic N) is 6. The van der Waals surface area contributed by atoms with Crippen molar-refractivity contribution in [3.05, 3.63) is 41.7 Å². The van der Waals surface area contributed by atoms with Crippen molar-refractivity contribution in [2.75, 3.05) is 37.5 Å². The molecule has 0 saturated heterocycles. The Balaban J connectivity index is 1.65. The average Bonchev–Trinajstić information content (AvgIpc) is 2.81. The van der Waals surface area contributed by atoms with Gasteiger partial charge in [0.2, 0.25) is 11.9 Å². The van der Waals surface area contributed by atoms with Crippen LogP contribution in [0.5, 0.6) is 0 Å². The van der Waals surface area contributed by atoms with Gasteiger partial charge in [0.15, 0.2) is 17.0 Å². The van der Waals surface area contributed by atoms with Gasteiger partial charge >= 0.3 is 5.97 Å². The molecule has 0 aliphatic heterocycles. The molecule has 3 rings (SSSR count). The molecule has 0 aliphatic carbocycles. The van der Waals surface area contributed by atoms with Gasteiger partial charge in [0.25, 0.3) is 5.91 Å². The predicted octanol–water partition coefficient (Wildman–Crippen LogP) is 0.272. The molecule has 1 atom stereocenters. The number of hydrogen-bond acceptors (Lipinski definition) is 10. The van der Waals surface area contributed by atoms with E-state index in [2.05, 4.69) is 25.3 Å². The van der Waals surface area contributed by atoms with Gasteiger partial charge in [-0.15, -0.1) is 0 Å². The second kappa shape index (κ2) is 10.6. The number of rotatable bonds is 9. The van der Waals surface area contributed by atoms with Crippen molar-refractivity contribution in [1.29, 1.82) is 0 Å². The van der Waals surface area contributed by atoms with Gasteiger partial charge < -0.3 is 31.7 Å². The van der Waals surface area contributed by atoms with E-state index in [9.17, 15) is 19.5 Å². The first-order chi connectivity index (χ1) is 16.5. The Bertz CT molecular complexity index is 1250. The van der Waals surface area contributed by atoms with Crippen LogP contribution in [0.2, 0.25) is 0 Å². The number of anilines is 3. The van der Waals surface area contributed by atoms with E-state index < -0.39 is 17.9 Å². The van der Waals surface area contributed by atoms with Crippen LogP contribution in [-0.2, 0) is 16.1 Å². The highest BCUT2D eigenvalue weighted by atomic mass is 16.4. The molecule has 35 heavy (non-hydrogen) atoms. The molecule has 2 amide bonds. The number of amides is 2. The number of nitrogens with two attached hydrogens (primary N) is 2. The summed E-state index contributed by atoms with van der Waals surface area (Å²) in [5.74, 6) is -1.79. The lowest BCUT2D eigenvalue weighted by molar-refractivity contribution is -0.139. The summed E-state index contributed by atoms with van der Waals surface area (Å²) in [5.41, 5.74) is 13.8. The van der Waals surface area contributed by atoms with Crippen LogP contribution in [0.25, 0.3) is 11.2 Å². The topological polar surface area (TPSA) is 194 Å². The van der Waals surface area contributed by atoms with Crippen molar-refractivity contribution in [3.63, 3.8) is 0 Å². The molecule has 13 heteroatoms. The maximum absolute atomic E-state index is 12.6. The molecule has 6 N–H and O–H groups in total. The van der Waals surface area contributed by atoms with E-state index in [1.54, 1.807) is 44.6 Å². The van der Waals surface area contributed by atoms with Crippen LogP contribution in [0.1, 0.15) is 28.9 Å². The zero-order valence-corrected chi connectivity index (χ0v) is 19.6. The van der Waals surface area contributed by atoms with Gasteiger partial charge in [-0.3, -0.25) is 9.59 Å². The highest BCUT2D eigenvalue weighted by molar-refractivity contribution is 5.97. The van der Waals surface area contributed by atoms with Crippen molar-refractivity contribution in [2.24, 2.45) is 0 Å². The number of carboxylic acid groups (broad SMARTS) is 1. The Labute approximate surface area is 201 Å². The van der Waals surface area contributed by atoms with Gasteiger partial charge in [-0.1, -0.05) is 0 Å². The van der Waals surface area contributed by atoms with Gasteiger partial charge in [0.05, 0.1) is 18.4 Å². The summed E-state index contributed by atoms with van der Waals surface area (Å²) >= 11 is 0. The smallest absolute Gasteiger partial charge is 0.326 e. The maximum atomic E-state index is 12.6. The van der Waals surface area contributed by atoms with Crippen molar-refractivity contribution in [3.8, 4) is 0 Å². The Kier molecular flexibility index (Phi) is 7.59. The van der Waals surface area contributed by atoms with Crippen molar-refractivity contribution in [1.82, 2.24) is 30.2 Å². The van der Waals surface area contributed by atoms with E-state index >= 15 is 0 Å². The monoisotopic (exact) mass is 481 g/mol. The van der Waals surface area contributed by atoms with E-state index in [0.29, 0.717) is 29.0 Å². The lowest BCUT2D eigenvalue weighted by atomic mass is 10.1. The fourth-order valence-corrected chi connectivity index (χ4v) is 3.25. The predicted molar refractivity (Wildman–Crippen MR) is 129 cm³/mol. The summed E-state index contributed by atoms with van der Waals surface area (Å²) in [4.78, 5) is 55.7. The molecule has 0 aliphatic rings. The Morgan fingerprint density at radius 3 is 2.37 bits per heavy atom. The third-order valence-electron chi connectivity index (χ3n) is 5.22. The Morgan fingerprint density at radius 1 is 1.06 bits per heavy atom. The number of carbonyl (C=O) groups excluding carboxylic acids is 2. The molecular weight excluding hydrogens is 454 g/mol. The molecule has 3 aromatic rings. The lowest BCUT2D eigenvalue weighted by Gasteiger charge is -2.20. The number of aliphatic carboxylic acids is 1. The lowest BCUT2D eigenvalue weighted by Crippen LogP contribution is -2.41. The minimum atomic E-state index is -1.20. The highest BCUT2D eigenvalue weighted by Crippen LogP contribution is 2.19. The summed E-state index contributed by atoms with van der Waals surface area (Å²) in [5, 5.41) is 11.9. The molecule has 2 heterocycles. The molecule has 0 radical (unpaired) electrons. The molecule has 1 aromatic carbocycles. The first-order valence-corrected chi connectivity index (χ1v) is 10.6. The zero-order chi connectivity index (χ0) is 25.7. The van der Waals surface area contributed by atoms with Gasteiger partial charge in [-0.2, -0.15) is 9.97 Å². The Morgan fingerprint density at radius 2 is 1.74 bits per heavy atom. The minimum Gasteiger partial charge on any atom is -0.480 e. The van der Waals surface area contributed by atoms with E-state index in [1.807, 2.05) is 11.9 Å². The van der Waals surface area contributed by atoms with Crippen LogP contribution in [0.3, 0.4) is 0 Å². The third kappa shape index (κ3) is 6.28. The second-order valence-corrected chi connectivity index (χ2v) is 8.09.